The minimum atomic E-state index is 0.0843. The van der Waals surface area contributed by atoms with Gasteiger partial charge in [0.1, 0.15) is 0 Å². The Hall–Kier alpha value is -3.00. The molecule has 3 aromatic carbocycles. The van der Waals surface area contributed by atoms with Crippen LogP contribution < -0.4 is 0 Å². The first-order chi connectivity index (χ1) is 11.2. The van der Waals surface area contributed by atoms with Crippen LogP contribution in [0.15, 0.2) is 72.8 Å². The first-order valence-corrected chi connectivity index (χ1v) is 7.63. The lowest BCUT2D eigenvalue weighted by Gasteiger charge is -2.11. The molecule has 1 aromatic heterocycles. The fraction of sp³-hybridized carbons (Fsp3) is 0.0476. The van der Waals surface area contributed by atoms with Gasteiger partial charge in [-0.3, -0.25) is 4.79 Å². The Kier molecular flexibility index (Phi) is 3.16. The van der Waals surface area contributed by atoms with Crippen LogP contribution in [0.4, 0.5) is 0 Å². The summed E-state index contributed by atoms with van der Waals surface area (Å²) in [6, 6.07) is 24.2. The highest BCUT2D eigenvalue weighted by Crippen LogP contribution is 2.34. The molecule has 2 heteroatoms. The summed E-state index contributed by atoms with van der Waals surface area (Å²) in [6.45, 7) is 1.59. The maximum absolute atomic E-state index is 11.5. The summed E-state index contributed by atoms with van der Waals surface area (Å²) in [5, 5.41) is 2.25. The summed E-state index contributed by atoms with van der Waals surface area (Å²) >= 11 is 0. The molecule has 0 aliphatic carbocycles. The predicted molar refractivity (Wildman–Crippen MR) is 94.7 cm³/mol. The third-order valence-electron chi connectivity index (χ3n) is 4.17. The van der Waals surface area contributed by atoms with E-state index in [0.717, 1.165) is 32.9 Å². The molecule has 4 aromatic rings. The van der Waals surface area contributed by atoms with Gasteiger partial charge in [-0.25, -0.2) is 4.98 Å². The van der Waals surface area contributed by atoms with E-state index in [1.807, 2.05) is 60.7 Å². The maximum atomic E-state index is 11.5. The zero-order valence-corrected chi connectivity index (χ0v) is 12.8. The summed E-state index contributed by atoms with van der Waals surface area (Å²) < 4.78 is 0. The Bertz CT molecular complexity index is 979. The molecule has 23 heavy (non-hydrogen) atoms. The van der Waals surface area contributed by atoms with Crippen LogP contribution in [0.25, 0.3) is 32.9 Å². The second kappa shape index (κ2) is 5.33. The van der Waals surface area contributed by atoms with Crippen molar-refractivity contribution in [1.82, 2.24) is 4.98 Å². The van der Waals surface area contributed by atoms with Crippen LogP contribution >= 0.6 is 0 Å². The van der Waals surface area contributed by atoms with E-state index in [9.17, 15) is 4.79 Å². The molecule has 2 nitrogen and oxygen atoms in total. The average molecular weight is 297 g/mol. The molecule has 110 valence electrons. The smallest absolute Gasteiger partial charge is 0.159 e. The highest BCUT2D eigenvalue weighted by Gasteiger charge is 2.11. The maximum Gasteiger partial charge on any atom is 0.159 e. The zero-order chi connectivity index (χ0) is 15.8. The van der Waals surface area contributed by atoms with Crippen molar-refractivity contribution in [2.45, 2.75) is 6.92 Å². The molecule has 0 unspecified atom stereocenters. The average Bonchev–Trinajstić information content (AvgIpc) is 2.59. The molecule has 0 radical (unpaired) electrons. The molecular weight excluding hydrogens is 282 g/mol. The molecule has 0 saturated carbocycles. The van der Waals surface area contributed by atoms with Gasteiger partial charge in [-0.05, 0) is 24.6 Å². The Morgan fingerprint density at radius 2 is 1.26 bits per heavy atom. The summed E-state index contributed by atoms with van der Waals surface area (Å²) in [7, 11) is 0. The summed E-state index contributed by atoms with van der Waals surface area (Å²) in [6.07, 6.45) is 0. The van der Waals surface area contributed by atoms with E-state index in [1.54, 1.807) is 6.92 Å². The van der Waals surface area contributed by atoms with Crippen molar-refractivity contribution >= 4 is 27.6 Å². The third kappa shape index (κ3) is 2.29. The van der Waals surface area contributed by atoms with Crippen molar-refractivity contribution < 1.29 is 4.79 Å². The fourth-order valence-corrected chi connectivity index (χ4v) is 3.02. The van der Waals surface area contributed by atoms with E-state index in [2.05, 4.69) is 12.1 Å². The number of ketones is 1. The van der Waals surface area contributed by atoms with Crippen molar-refractivity contribution in [2.75, 3.05) is 0 Å². The highest BCUT2D eigenvalue weighted by atomic mass is 16.1. The van der Waals surface area contributed by atoms with Gasteiger partial charge >= 0.3 is 0 Å². The van der Waals surface area contributed by atoms with Crippen molar-refractivity contribution in [3.63, 3.8) is 0 Å². The molecule has 0 fully saturated rings. The normalized spacial score (nSPS) is 11.0. The quantitative estimate of drug-likeness (QED) is 0.373. The van der Waals surface area contributed by atoms with E-state index >= 15 is 0 Å². The number of carbonyl (C=O) groups is 1. The standard InChI is InChI=1S/C21H15NO/c1-14(23)15-10-12-16(13-11-15)21-17-6-2-4-8-19(17)22-20-9-5-3-7-18(20)21/h2-13H,1H3. The molecule has 0 aliphatic rings. The number of pyridine rings is 1. The van der Waals surface area contributed by atoms with Crippen LogP contribution in [-0.4, -0.2) is 10.8 Å². The van der Waals surface area contributed by atoms with E-state index in [0.29, 0.717) is 0 Å². The van der Waals surface area contributed by atoms with Gasteiger partial charge in [0.2, 0.25) is 0 Å². The lowest BCUT2D eigenvalue weighted by atomic mass is 9.95. The minimum Gasteiger partial charge on any atom is -0.295 e. The number of para-hydroxylation sites is 2. The predicted octanol–water partition coefficient (Wildman–Crippen LogP) is 5.26. The first-order valence-electron chi connectivity index (χ1n) is 7.63. The summed E-state index contributed by atoms with van der Waals surface area (Å²) in [5.41, 5.74) is 4.97. The Morgan fingerprint density at radius 1 is 0.739 bits per heavy atom. The number of carbonyl (C=O) groups excluding carboxylic acids is 1. The number of rotatable bonds is 2. The molecule has 0 aliphatic heterocycles. The number of hydrogen-bond donors (Lipinski definition) is 0. The van der Waals surface area contributed by atoms with Gasteiger partial charge < -0.3 is 0 Å². The Balaban J connectivity index is 2.08. The fourth-order valence-electron chi connectivity index (χ4n) is 3.02. The van der Waals surface area contributed by atoms with Gasteiger partial charge in [-0.1, -0.05) is 60.7 Å². The van der Waals surface area contributed by atoms with Crippen LogP contribution in [0, 0.1) is 0 Å². The van der Waals surface area contributed by atoms with E-state index < -0.39 is 0 Å². The minimum absolute atomic E-state index is 0.0843. The number of nitrogens with zero attached hydrogens (tertiary/aromatic N) is 1. The second-order valence-electron chi connectivity index (χ2n) is 5.65. The number of hydrogen-bond acceptors (Lipinski definition) is 2. The van der Waals surface area contributed by atoms with Crippen LogP contribution in [0.3, 0.4) is 0 Å². The molecule has 0 spiro atoms. The van der Waals surface area contributed by atoms with E-state index in [-0.39, 0.29) is 5.78 Å². The molecule has 0 saturated heterocycles. The molecule has 0 N–H and O–H groups in total. The van der Waals surface area contributed by atoms with Crippen LogP contribution in [0.5, 0.6) is 0 Å². The van der Waals surface area contributed by atoms with Crippen LogP contribution in [0.1, 0.15) is 17.3 Å². The first kappa shape index (κ1) is 13.6. The van der Waals surface area contributed by atoms with Crippen molar-refractivity contribution in [1.29, 1.82) is 0 Å². The molecular formula is C21H15NO. The number of Topliss-reactive ketones (excluding diaryl/α,β-unsaturated/α-hetero) is 1. The van der Waals surface area contributed by atoms with Crippen molar-refractivity contribution in [3.05, 3.63) is 78.4 Å². The van der Waals surface area contributed by atoms with E-state index in [4.69, 9.17) is 4.98 Å². The topological polar surface area (TPSA) is 30.0 Å². The van der Waals surface area contributed by atoms with Crippen LogP contribution in [-0.2, 0) is 0 Å². The van der Waals surface area contributed by atoms with E-state index in [1.165, 1.54) is 5.56 Å². The van der Waals surface area contributed by atoms with Crippen molar-refractivity contribution in [2.24, 2.45) is 0 Å². The highest BCUT2D eigenvalue weighted by molar-refractivity contribution is 6.09. The monoisotopic (exact) mass is 297 g/mol. The Morgan fingerprint density at radius 3 is 1.78 bits per heavy atom. The second-order valence-corrected chi connectivity index (χ2v) is 5.65. The molecule has 0 amide bonds. The number of fused-ring (bicyclic) bond motifs is 2. The van der Waals surface area contributed by atoms with Crippen molar-refractivity contribution in [3.8, 4) is 11.1 Å². The number of aromatic nitrogens is 1. The van der Waals surface area contributed by atoms with Gasteiger partial charge in [0.05, 0.1) is 11.0 Å². The van der Waals surface area contributed by atoms with Gasteiger partial charge in [0.15, 0.2) is 5.78 Å². The largest absolute Gasteiger partial charge is 0.295 e. The summed E-state index contributed by atoms with van der Waals surface area (Å²) in [4.78, 5) is 16.3. The third-order valence-corrected chi connectivity index (χ3v) is 4.17. The van der Waals surface area contributed by atoms with Gasteiger partial charge in [-0.15, -0.1) is 0 Å². The lowest BCUT2D eigenvalue weighted by molar-refractivity contribution is 0.101. The molecule has 0 atom stereocenters. The van der Waals surface area contributed by atoms with Crippen LogP contribution in [0.2, 0.25) is 0 Å². The Labute approximate surface area is 134 Å². The van der Waals surface area contributed by atoms with Gasteiger partial charge in [-0.2, -0.15) is 0 Å². The van der Waals surface area contributed by atoms with Gasteiger partial charge in [0.25, 0.3) is 0 Å². The zero-order valence-electron chi connectivity index (χ0n) is 12.8. The van der Waals surface area contributed by atoms with Gasteiger partial charge in [0, 0.05) is 21.9 Å². The molecule has 0 bridgehead atoms. The molecule has 1 heterocycles. The molecule has 4 rings (SSSR count). The SMILES string of the molecule is CC(=O)c1ccc(-c2c3ccccc3nc3ccccc23)cc1. The lowest BCUT2D eigenvalue weighted by Crippen LogP contribution is -1.92. The summed E-state index contributed by atoms with van der Waals surface area (Å²) in [5.74, 6) is 0.0843. The number of benzene rings is 3.